The Balaban J connectivity index is 2.07. The quantitative estimate of drug-likeness (QED) is 0.718. The molecule has 0 saturated carbocycles. The number of rotatable bonds is 5. The van der Waals surface area contributed by atoms with Gasteiger partial charge in [0.1, 0.15) is 5.25 Å². The highest BCUT2D eigenvalue weighted by atomic mass is 35.5. The summed E-state index contributed by atoms with van der Waals surface area (Å²) in [5, 5.41) is 2.57. The van der Waals surface area contributed by atoms with E-state index in [1.165, 1.54) is 7.05 Å². The van der Waals surface area contributed by atoms with E-state index in [0.717, 1.165) is 9.87 Å². The second-order valence-corrected chi connectivity index (χ2v) is 8.77. The van der Waals surface area contributed by atoms with E-state index >= 15 is 0 Å². The number of halogens is 1. The van der Waals surface area contributed by atoms with Gasteiger partial charge in [0.25, 0.3) is 0 Å². The number of aryl methyl sites for hydroxylation is 1. The summed E-state index contributed by atoms with van der Waals surface area (Å²) >= 11 is 5.93. The predicted molar refractivity (Wildman–Crippen MR) is 95.4 cm³/mol. The van der Waals surface area contributed by atoms with Gasteiger partial charge in [-0.2, -0.15) is 4.31 Å². The molecular formula is C15H23ClN4O3S. The molecule has 2 unspecified atom stereocenters. The maximum Gasteiger partial charge on any atom is 0.239 e. The molecule has 9 heteroatoms. The van der Waals surface area contributed by atoms with Crippen LogP contribution < -0.4 is 16.2 Å². The van der Waals surface area contributed by atoms with Crippen molar-refractivity contribution in [3.8, 4) is 0 Å². The maximum absolute atomic E-state index is 12.7. The van der Waals surface area contributed by atoms with E-state index in [1.807, 2.05) is 6.92 Å². The Morgan fingerprint density at radius 3 is 2.46 bits per heavy atom. The van der Waals surface area contributed by atoms with Gasteiger partial charge in [-0.3, -0.25) is 15.6 Å². The van der Waals surface area contributed by atoms with Crippen molar-refractivity contribution in [2.45, 2.75) is 38.1 Å². The summed E-state index contributed by atoms with van der Waals surface area (Å²) in [6.07, 6.45) is 0. The van der Waals surface area contributed by atoms with Gasteiger partial charge in [-0.25, -0.2) is 8.42 Å². The average molecular weight is 375 g/mol. The molecule has 134 valence electrons. The minimum Gasteiger partial charge on any atom is -0.325 e. The molecule has 1 amide bonds. The van der Waals surface area contributed by atoms with Crippen molar-refractivity contribution in [2.75, 3.05) is 18.9 Å². The minimum absolute atomic E-state index is 0.245. The van der Waals surface area contributed by atoms with Crippen LogP contribution in [0.1, 0.15) is 19.4 Å². The number of amides is 1. The Morgan fingerprint density at radius 1 is 1.29 bits per heavy atom. The topological polar surface area (TPSA) is 90.5 Å². The van der Waals surface area contributed by atoms with E-state index < -0.39 is 21.2 Å². The van der Waals surface area contributed by atoms with Crippen LogP contribution in [0.25, 0.3) is 0 Å². The van der Waals surface area contributed by atoms with Gasteiger partial charge in [-0.1, -0.05) is 17.7 Å². The van der Waals surface area contributed by atoms with Crippen LogP contribution in [0.5, 0.6) is 0 Å². The first kappa shape index (κ1) is 19.1. The molecule has 7 nitrogen and oxygen atoms in total. The monoisotopic (exact) mass is 374 g/mol. The zero-order chi connectivity index (χ0) is 18.1. The van der Waals surface area contributed by atoms with Crippen molar-refractivity contribution in [3.05, 3.63) is 28.8 Å². The molecule has 1 aromatic rings. The maximum atomic E-state index is 12.7. The number of hydrogen-bond acceptors (Lipinski definition) is 5. The standard InChI is InChI=1S/C15H23ClN4O3S/c1-9-5-6-12(16)7-13(9)17-14(21)8-20(4)24(22,23)15-10(2)18-19-11(15)3/h5-7,10-11,15,18-19H,8H2,1-4H3,(H,17,21). The molecule has 0 spiro atoms. The van der Waals surface area contributed by atoms with E-state index in [2.05, 4.69) is 16.2 Å². The smallest absolute Gasteiger partial charge is 0.239 e. The lowest BCUT2D eigenvalue weighted by molar-refractivity contribution is -0.116. The molecule has 3 N–H and O–H groups in total. The highest BCUT2D eigenvalue weighted by Crippen LogP contribution is 2.21. The molecule has 2 rings (SSSR count). The normalized spacial score (nSPS) is 24.3. The fourth-order valence-corrected chi connectivity index (χ4v) is 4.85. The fraction of sp³-hybridized carbons (Fsp3) is 0.533. The molecule has 0 radical (unpaired) electrons. The van der Waals surface area contributed by atoms with Gasteiger partial charge in [-0.15, -0.1) is 0 Å². The molecule has 1 saturated heterocycles. The summed E-state index contributed by atoms with van der Waals surface area (Å²) in [7, 11) is -2.21. The van der Waals surface area contributed by atoms with Crippen LogP contribution in [0.15, 0.2) is 18.2 Å². The number of carbonyl (C=O) groups is 1. The SMILES string of the molecule is Cc1ccc(Cl)cc1NC(=O)CN(C)S(=O)(=O)C1C(C)NNC1C. The lowest BCUT2D eigenvalue weighted by Crippen LogP contribution is -2.47. The molecule has 0 bridgehead atoms. The molecule has 1 aliphatic heterocycles. The van der Waals surface area contributed by atoms with Crippen LogP contribution in [0.4, 0.5) is 5.69 Å². The number of hydrogen-bond donors (Lipinski definition) is 3. The highest BCUT2D eigenvalue weighted by molar-refractivity contribution is 7.89. The summed E-state index contributed by atoms with van der Waals surface area (Å²) < 4.78 is 26.5. The number of sulfonamides is 1. The molecule has 1 fully saturated rings. The first-order valence-electron chi connectivity index (χ1n) is 7.65. The van der Waals surface area contributed by atoms with Crippen LogP contribution in [0, 0.1) is 6.92 Å². The van der Waals surface area contributed by atoms with Gasteiger partial charge in [0.05, 0.1) is 6.54 Å². The van der Waals surface area contributed by atoms with Crippen LogP contribution >= 0.6 is 11.6 Å². The van der Waals surface area contributed by atoms with Crippen LogP contribution in [0.2, 0.25) is 5.02 Å². The predicted octanol–water partition coefficient (Wildman–Crippen LogP) is 1.10. The van der Waals surface area contributed by atoms with Crippen LogP contribution in [-0.2, 0) is 14.8 Å². The molecule has 0 aromatic heterocycles. The van der Waals surface area contributed by atoms with E-state index in [0.29, 0.717) is 10.7 Å². The Morgan fingerprint density at radius 2 is 1.88 bits per heavy atom. The van der Waals surface area contributed by atoms with E-state index in [1.54, 1.807) is 32.0 Å². The summed E-state index contributed by atoms with van der Waals surface area (Å²) in [6, 6.07) is 4.67. The molecule has 1 aliphatic rings. The summed E-state index contributed by atoms with van der Waals surface area (Å²) in [6.45, 7) is 5.17. The van der Waals surface area contributed by atoms with Crippen molar-refractivity contribution in [3.63, 3.8) is 0 Å². The zero-order valence-corrected chi connectivity index (χ0v) is 15.7. The van der Waals surface area contributed by atoms with Gasteiger partial charge >= 0.3 is 0 Å². The fourth-order valence-electron chi connectivity index (χ4n) is 2.79. The largest absolute Gasteiger partial charge is 0.325 e. The van der Waals surface area contributed by atoms with Gasteiger partial charge < -0.3 is 5.32 Å². The first-order valence-corrected chi connectivity index (χ1v) is 9.53. The molecule has 1 heterocycles. The summed E-state index contributed by atoms with van der Waals surface area (Å²) in [5.74, 6) is -0.411. The Kier molecular flexibility index (Phi) is 5.87. The van der Waals surface area contributed by atoms with Gasteiger partial charge in [0, 0.05) is 29.8 Å². The van der Waals surface area contributed by atoms with Crippen molar-refractivity contribution < 1.29 is 13.2 Å². The number of nitrogens with zero attached hydrogens (tertiary/aromatic N) is 1. The number of nitrogens with one attached hydrogen (secondary N) is 3. The van der Waals surface area contributed by atoms with Gasteiger partial charge in [0.2, 0.25) is 15.9 Å². The molecular weight excluding hydrogens is 352 g/mol. The van der Waals surface area contributed by atoms with E-state index in [9.17, 15) is 13.2 Å². The van der Waals surface area contributed by atoms with Crippen LogP contribution in [-0.4, -0.2) is 49.6 Å². The van der Waals surface area contributed by atoms with Crippen molar-refractivity contribution in [1.29, 1.82) is 0 Å². The van der Waals surface area contributed by atoms with Crippen molar-refractivity contribution >= 4 is 33.2 Å². The number of anilines is 1. The second kappa shape index (κ2) is 7.37. The van der Waals surface area contributed by atoms with E-state index in [-0.39, 0.29) is 18.6 Å². The lowest BCUT2D eigenvalue weighted by Gasteiger charge is -2.25. The number of hydrazine groups is 1. The zero-order valence-electron chi connectivity index (χ0n) is 14.1. The Hall–Kier alpha value is -1.19. The minimum atomic E-state index is -3.62. The Bertz CT molecular complexity index is 715. The number of benzene rings is 1. The third-order valence-corrected chi connectivity index (χ3v) is 6.88. The lowest BCUT2D eigenvalue weighted by atomic mass is 10.2. The van der Waals surface area contributed by atoms with E-state index in [4.69, 9.17) is 11.6 Å². The first-order chi connectivity index (χ1) is 11.1. The molecule has 0 aliphatic carbocycles. The molecule has 1 aromatic carbocycles. The second-order valence-electron chi connectivity index (χ2n) is 6.14. The highest BCUT2D eigenvalue weighted by Gasteiger charge is 2.42. The Labute approximate surface area is 147 Å². The van der Waals surface area contributed by atoms with Crippen molar-refractivity contribution in [2.24, 2.45) is 0 Å². The molecule has 24 heavy (non-hydrogen) atoms. The molecule has 2 atom stereocenters. The third kappa shape index (κ3) is 4.07. The van der Waals surface area contributed by atoms with Crippen LogP contribution in [0.3, 0.4) is 0 Å². The average Bonchev–Trinajstić information content (AvgIpc) is 2.82. The van der Waals surface area contributed by atoms with Gasteiger partial charge in [0.15, 0.2) is 0 Å². The summed E-state index contributed by atoms with van der Waals surface area (Å²) in [5.41, 5.74) is 7.26. The van der Waals surface area contributed by atoms with Crippen molar-refractivity contribution in [1.82, 2.24) is 15.2 Å². The summed E-state index contributed by atoms with van der Waals surface area (Å²) in [4.78, 5) is 12.2. The van der Waals surface area contributed by atoms with Gasteiger partial charge in [-0.05, 0) is 38.5 Å². The third-order valence-electron chi connectivity index (χ3n) is 4.14. The number of likely N-dealkylation sites (N-methyl/N-ethyl adjacent to an activating group) is 1. The number of carbonyl (C=O) groups excluding carboxylic acids is 1.